The van der Waals surface area contributed by atoms with Gasteiger partial charge in [-0.2, -0.15) is 0 Å². The summed E-state index contributed by atoms with van der Waals surface area (Å²) in [6, 6.07) is 71.0. The molecule has 55 heavy (non-hydrogen) atoms. The van der Waals surface area contributed by atoms with Crippen molar-refractivity contribution in [3.8, 4) is 44.5 Å². The van der Waals surface area contributed by atoms with Crippen molar-refractivity contribution < 1.29 is 4.42 Å². The maximum atomic E-state index is 7.06. The highest BCUT2D eigenvalue weighted by Crippen LogP contribution is 2.47. The van der Waals surface area contributed by atoms with Gasteiger partial charge in [0.2, 0.25) is 0 Å². The van der Waals surface area contributed by atoms with Crippen LogP contribution in [0.3, 0.4) is 0 Å². The number of rotatable bonds is 4. The standard InChI is InChI=1S/C54H32O/c1-3-9-33(10-4-1)39-16-17-40-31-49-50(32-42(40)30-39)55-54-44(41-18-15-34-11-7-8-14-38(34)29-41)27-28-48(53(49)54)45-24-20-37-21-25-46-43(35-12-5-2-6-13-35)23-19-36-22-26-47(45)52(37)51(36)46/h1-32H. The third-order valence-electron chi connectivity index (χ3n) is 11.8. The van der Waals surface area contributed by atoms with Crippen LogP contribution in [0.1, 0.15) is 0 Å². The van der Waals surface area contributed by atoms with Gasteiger partial charge in [-0.1, -0.05) is 164 Å². The van der Waals surface area contributed by atoms with Crippen molar-refractivity contribution in [2.24, 2.45) is 0 Å². The molecule has 0 aliphatic heterocycles. The fourth-order valence-electron chi connectivity index (χ4n) is 9.15. The zero-order valence-electron chi connectivity index (χ0n) is 29.9. The van der Waals surface area contributed by atoms with Gasteiger partial charge in [0.1, 0.15) is 11.2 Å². The average Bonchev–Trinajstić information content (AvgIpc) is 3.63. The maximum Gasteiger partial charge on any atom is 0.143 e. The largest absolute Gasteiger partial charge is 0.455 e. The first-order valence-electron chi connectivity index (χ1n) is 19.0. The Labute approximate surface area is 317 Å². The van der Waals surface area contributed by atoms with Crippen molar-refractivity contribution in [2.75, 3.05) is 0 Å². The quantitative estimate of drug-likeness (QED) is 0.167. The third kappa shape index (κ3) is 4.60. The van der Waals surface area contributed by atoms with Crippen LogP contribution in [0.2, 0.25) is 0 Å². The molecule has 1 nitrogen and oxygen atoms in total. The molecule has 0 atom stereocenters. The molecule has 0 saturated heterocycles. The van der Waals surface area contributed by atoms with Crippen LogP contribution in [0.5, 0.6) is 0 Å². The van der Waals surface area contributed by atoms with Crippen LogP contribution in [0.15, 0.2) is 199 Å². The number of benzene rings is 11. The van der Waals surface area contributed by atoms with Gasteiger partial charge >= 0.3 is 0 Å². The van der Waals surface area contributed by atoms with Crippen molar-refractivity contribution in [3.05, 3.63) is 194 Å². The Bertz CT molecular complexity index is 3460. The number of furan rings is 1. The summed E-state index contributed by atoms with van der Waals surface area (Å²) < 4.78 is 7.06. The summed E-state index contributed by atoms with van der Waals surface area (Å²) in [4.78, 5) is 0. The second kappa shape index (κ2) is 11.6. The predicted octanol–water partition coefficient (Wildman–Crippen LogP) is 15.5. The summed E-state index contributed by atoms with van der Waals surface area (Å²) in [7, 11) is 0. The van der Waals surface area contributed by atoms with Crippen molar-refractivity contribution in [1.29, 1.82) is 0 Å². The molecule has 0 saturated carbocycles. The smallest absolute Gasteiger partial charge is 0.143 e. The van der Waals surface area contributed by atoms with Crippen LogP contribution in [-0.4, -0.2) is 0 Å². The van der Waals surface area contributed by atoms with Gasteiger partial charge < -0.3 is 4.42 Å². The van der Waals surface area contributed by atoms with E-state index in [9.17, 15) is 0 Å². The van der Waals surface area contributed by atoms with Crippen LogP contribution < -0.4 is 0 Å². The van der Waals surface area contributed by atoms with E-state index in [1.54, 1.807) is 0 Å². The van der Waals surface area contributed by atoms with Gasteiger partial charge in [0.15, 0.2) is 0 Å². The molecule has 0 N–H and O–H groups in total. The summed E-state index contributed by atoms with van der Waals surface area (Å²) in [5, 5.41) is 14.8. The van der Waals surface area contributed by atoms with Gasteiger partial charge in [-0.3, -0.25) is 0 Å². The Morgan fingerprint density at radius 1 is 0.255 bits per heavy atom. The zero-order valence-corrected chi connectivity index (χ0v) is 29.9. The molecule has 0 radical (unpaired) electrons. The lowest BCUT2D eigenvalue weighted by molar-refractivity contribution is 0.670. The fraction of sp³-hybridized carbons (Fsp3) is 0. The molecule has 12 rings (SSSR count). The number of hydrogen-bond acceptors (Lipinski definition) is 1. The molecule has 12 aromatic rings. The topological polar surface area (TPSA) is 13.1 Å². The molecule has 254 valence electrons. The lowest BCUT2D eigenvalue weighted by Crippen LogP contribution is -1.90. The molecule has 0 amide bonds. The van der Waals surface area contributed by atoms with Crippen molar-refractivity contribution in [3.63, 3.8) is 0 Å². The predicted molar refractivity (Wildman–Crippen MR) is 234 cm³/mol. The van der Waals surface area contributed by atoms with Crippen LogP contribution in [0.25, 0.3) is 120 Å². The van der Waals surface area contributed by atoms with Crippen LogP contribution in [-0.2, 0) is 0 Å². The monoisotopic (exact) mass is 696 g/mol. The maximum absolute atomic E-state index is 7.06. The van der Waals surface area contributed by atoms with E-state index in [4.69, 9.17) is 4.42 Å². The third-order valence-corrected chi connectivity index (χ3v) is 11.8. The van der Waals surface area contributed by atoms with Gasteiger partial charge in [0.05, 0.1) is 0 Å². The summed E-state index contributed by atoms with van der Waals surface area (Å²) >= 11 is 0. The highest BCUT2D eigenvalue weighted by molar-refractivity contribution is 6.29. The molecule has 0 unspecified atom stereocenters. The first kappa shape index (κ1) is 30.3. The molecule has 0 fully saturated rings. The molecular formula is C54H32O. The Morgan fingerprint density at radius 3 is 1.58 bits per heavy atom. The van der Waals surface area contributed by atoms with Crippen molar-refractivity contribution in [1.82, 2.24) is 0 Å². The van der Waals surface area contributed by atoms with E-state index in [2.05, 4.69) is 194 Å². The Morgan fingerprint density at radius 2 is 0.800 bits per heavy atom. The van der Waals surface area contributed by atoms with E-state index in [1.807, 2.05) is 0 Å². The van der Waals surface area contributed by atoms with Crippen LogP contribution in [0, 0.1) is 0 Å². The molecule has 1 aromatic heterocycles. The number of fused-ring (bicyclic) bond motifs is 5. The first-order valence-corrected chi connectivity index (χ1v) is 19.0. The number of hydrogen-bond donors (Lipinski definition) is 0. The van der Waals surface area contributed by atoms with Crippen molar-refractivity contribution >= 4 is 75.8 Å². The summed E-state index contributed by atoms with van der Waals surface area (Å²) in [6.45, 7) is 0. The van der Waals surface area contributed by atoms with Gasteiger partial charge in [-0.15, -0.1) is 0 Å². The van der Waals surface area contributed by atoms with Crippen LogP contribution in [0.4, 0.5) is 0 Å². The second-order valence-corrected chi connectivity index (χ2v) is 14.8. The highest BCUT2D eigenvalue weighted by atomic mass is 16.3. The second-order valence-electron chi connectivity index (χ2n) is 14.8. The molecule has 0 aliphatic carbocycles. The van der Waals surface area contributed by atoms with Crippen LogP contribution >= 0.6 is 0 Å². The molecule has 1 heterocycles. The van der Waals surface area contributed by atoms with E-state index >= 15 is 0 Å². The average molecular weight is 697 g/mol. The minimum absolute atomic E-state index is 0.896. The molecule has 1 heteroatoms. The van der Waals surface area contributed by atoms with E-state index in [0.717, 1.165) is 33.1 Å². The van der Waals surface area contributed by atoms with E-state index < -0.39 is 0 Å². The SMILES string of the molecule is c1ccc(-c2ccc3cc4c(cc3c2)oc2c(-c3ccc5ccccc5c3)ccc(-c3ccc5ccc6c(-c7ccccc7)ccc7ccc3c5c76)c24)cc1. The molecule has 0 bridgehead atoms. The highest BCUT2D eigenvalue weighted by Gasteiger charge is 2.21. The summed E-state index contributed by atoms with van der Waals surface area (Å²) in [5.74, 6) is 0. The molecule has 0 spiro atoms. The molecular weight excluding hydrogens is 665 g/mol. The van der Waals surface area contributed by atoms with Gasteiger partial charge in [-0.25, -0.2) is 0 Å². The first-order chi connectivity index (χ1) is 27.2. The molecule has 11 aromatic carbocycles. The van der Waals surface area contributed by atoms with Gasteiger partial charge in [0, 0.05) is 16.3 Å². The normalized spacial score (nSPS) is 12.0. The van der Waals surface area contributed by atoms with E-state index in [1.165, 1.54) is 87.2 Å². The lowest BCUT2D eigenvalue weighted by atomic mass is 9.86. The zero-order chi connectivity index (χ0) is 36.0. The Balaban J connectivity index is 1.15. The molecule has 0 aliphatic rings. The van der Waals surface area contributed by atoms with Crippen molar-refractivity contribution in [2.45, 2.75) is 0 Å². The summed E-state index contributed by atoms with van der Waals surface area (Å²) in [5.41, 5.74) is 11.4. The Hall–Kier alpha value is -7.22. The lowest BCUT2D eigenvalue weighted by Gasteiger charge is -2.17. The minimum Gasteiger partial charge on any atom is -0.455 e. The van der Waals surface area contributed by atoms with E-state index in [0.29, 0.717) is 0 Å². The van der Waals surface area contributed by atoms with E-state index in [-0.39, 0.29) is 0 Å². The Kier molecular flexibility index (Phi) is 6.40. The van der Waals surface area contributed by atoms with Gasteiger partial charge in [0.25, 0.3) is 0 Å². The fourth-order valence-corrected chi connectivity index (χ4v) is 9.15. The minimum atomic E-state index is 0.896. The summed E-state index contributed by atoms with van der Waals surface area (Å²) in [6.07, 6.45) is 0. The van der Waals surface area contributed by atoms with Gasteiger partial charge in [-0.05, 0) is 123 Å².